The Hall–Kier alpha value is -1.56. The molecule has 1 aromatic rings. The van der Waals surface area contributed by atoms with E-state index in [0.29, 0.717) is 29.9 Å². The highest BCUT2D eigenvalue weighted by molar-refractivity contribution is 6.74. The third-order valence-corrected chi connectivity index (χ3v) is 13.0. The molecule has 1 heterocycles. The Bertz CT molecular complexity index is 901. The molecule has 176 valence electrons. The van der Waals surface area contributed by atoms with Gasteiger partial charge in [0.05, 0.1) is 13.2 Å². The third-order valence-electron chi connectivity index (χ3n) is 8.61. The van der Waals surface area contributed by atoms with Gasteiger partial charge in [0.1, 0.15) is 5.75 Å². The summed E-state index contributed by atoms with van der Waals surface area (Å²) in [6.45, 7) is 19.6. The zero-order chi connectivity index (χ0) is 23.5. The van der Waals surface area contributed by atoms with Crippen molar-refractivity contribution in [2.75, 3.05) is 7.11 Å². The molecule has 32 heavy (non-hydrogen) atoms. The van der Waals surface area contributed by atoms with E-state index < -0.39 is 14.1 Å². The molecule has 3 fully saturated rings. The highest BCUT2D eigenvalue weighted by Gasteiger charge is 2.62. The van der Waals surface area contributed by atoms with Crippen molar-refractivity contribution in [3.8, 4) is 11.5 Å². The number of hydrogen-bond acceptors (Lipinski definition) is 4. The Balaban J connectivity index is 1.58. The van der Waals surface area contributed by atoms with E-state index in [1.807, 2.05) is 18.2 Å². The number of rotatable bonds is 6. The maximum atomic E-state index is 11.7. The maximum absolute atomic E-state index is 11.7. The molecule has 4 rings (SSSR count). The zero-order valence-electron chi connectivity index (χ0n) is 20.6. The minimum atomic E-state index is -1.98. The van der Waals surface area contributed by atoms with Crippen LogP contribution in [0.3, 0.4) is 0 Å². The fourth-order valence-corrected chi connectivity index (χ4v) is 6.92. The van der Waals surface area contributed by atoms with Crippen LogP contribution in [-0.2, 0) is 11.2 Å². The van der Waals surface area contributed by atoms with Crippen LogP contribution in [0.15, 0.2) is 43.0 Å². The molecule has 3 aliphatic rings. The molecule has 0 aromatic heterocycles. The quantitative estimate of drug-likeness (QED) is 0.414. The third kappa shape index (κ3) is 3.86. The van der Waals surface area contributed by atoms with Gasteiger partial charge < -0.3 is 19.0 Å². The average Bonchev–Trinajstić information content (AvgIpc) is 3.23. The van der Waals surface area contributed by atoms with Crippen molar-refractivity contribution in [3.05, 3.63) is 48.6 Å². The molecule has 1 N–H and O–H groups in total. The van der Waals surface area contributed by atoms with Gasteiger partial charge in [0.15, 0.2) is 11.5 Å². The van der Waals surface area contributed by atoms with Crippen LogP contribution in [0, 0.1) is 23.7 Å². The van der Waals surface area contributed by atoms with E-state index in [9.17, 15) is 5.11 Å². The molecule has 1 unspecified atom stereocenters. The van der Waals surface area contributed by atoms with Gasteiger partial charge in [-0.25, -0.2) is 0 Å². The number of methoxy groups -OCH3 is 1. The monoisotopic (exact) mass is 456 g/mol. The number of hydrogen-bond donors (Lipinski definition) is 1. The van der Waals surface area contributed by atoms with E-state index in [4.69, 9.17) is 13.9 Å². The first-order valence-electron chi connectivity index (χ1n) is 12.0. The van der Waals surface area contributed by atoms with Crippen LogP contribution in [0.4, 0.5) is 0 Å². The Kier molecular flexibility index (Phi) is 5.92. The molecule has 5 heteroatoms. The molecule has 0 bridgehead atoms. The number of allylic oxidation sites excluding steroid dienone is 2. The van der Waals surface area contributed by atoms with E-state index in [0.717, 1.165) is 30.6 Å². The smallest absolute Gasteiger partial charge is 0.250 e. The summed E-state index contributed by atoms with van der Waals surface area (Å²) in [7, 11) is -0.309. The number of aliphatic hydroxyl groups is 1. The minimum absolute atomic E-state index is 0.102. The van der Waals surface area contributed by atoms with Crippen molar-refractivity contribution < 1.29 is 19.0 Å². The maximum Gasteiger partial charge on any atom is 0.250 e. The fourth-order valence-electron chi connectivity index (χ4n) is 5.90. The van der Waals surface area contributed by atoms with Crippen molar-refractivity contribution in [3.63, 3.8) is 0 Å². The largest absolute Gasteiger partial charge is 0.541 e. The topological polar surface area (TPSA) is 47.9 Å². The summed E-state index contributed by atoms with van der Waals surface area (Å²) in [6, 6.07) is 6.04. The Morgan fingerprint density at radius 1 is 1.28 bits per heavy atom. The van der Waals surface area contributed by atoms with Crippen LogP contribution in [0.1, 0.15) is 45.6 Å². The van der Waals surface area contributed by atoms with Gasteiger partial charge in [0.25, 0.3) is 8.32 Å². The van der Waals surface area contributed by atoms with Crippen LogP contribution >= 0.6 is 0 Å². The van der Waals surface area contributed by atoms with Crippen LogP contribution < -0.4 is 9.16 Å². The summed E-state index contributed by atoms with van der Waals surface area (Å²) < 4.78 is 18.6. The summed E-state index contributed by atoms with van der Waals surface area (Å²) in [5, 5.41) is 11.8. The second kappa shape index (κ2) is 8.03. The van der Waals surface area contributed by atoms with E-state index in [1.54, 1.807) is 7.11 Å². The lowest BCUT2D eigenvalue weighted by Crippen LogP contribution is -2.44. The standard InChI is InChI=1S/C27H40O4Si/c1-9-19-15-20-25-22(12-10-17(2)24(19)25)30-27(20,28)16-18-11-13-21(23(14-18)29-6)31-32(7,8)26(3,4)5/h9,11,13-14,19-20,22,24-25,28H,1-2,10,12,15-16H2,3-8H3/t19-,20+,22-,24-,25-,27?/m1/s1. The molecule has 1 saturated heterocycles. The van der Waals surface area contributed by atoms with E-state index in [-0.39, 0.29) is 17.1 Å². The van der Waals surface area contributed by atoms with Crippen LogP contribution in [-0.4, -0.2) is 32.4 Å². The molecular formula is C27H40O4Si. The van der Waals surface area contributed by atoms with E-state index in [1.165, 1.54) is 5.57 Å². The highest BCUT2D eigenvalue weighted by atomic mass is 28.4. The zero-order valence-corrected chi connectivity index (χ0v) is 21.6. The second-order valence-electron chi connectivity index (χ2n) is 11.6. The summed E-state index contributed by atoms with van der Waals surface area (Å²) in [6.07, 6.45) is 5.46. The molecule has 0 spiro atoms. The summed E-state index contributed by atoms with van der Waals surface area (Å²) in [5.74, 6) is 1.54. The summed E-state index contributed by atoms with van der Waals surface area (Å²) in [4.78, 5) is 0. The molecule has 6 atom stereocenters. The first-order chi connectivity index (χ1) is 14.9. The van der Waals surface area contributed by atoms with Crippen molar-refractivity contribution in [1.29, 1.82) is 0 Å². The van der Waals surface area contributed by atoms with Crippen molar-refractivity contribution in [2.45, 2.75) is 76.5 Å². The van der Waals surface area contributed by atoms with Gasteiger partial charge in [0.2, 0.25) is 0 Å². The Morgan fingerprint density at radius 2 is 2.00 bits per heavy atom. The van der Waals surface area contributed by atoms with Crippen LogP contribution in [0.5, 0.6) is 11.5 Å². The molecule has 4 nitrogen and oxygen atoms in total. The number of ether oxygens (including phenoxy) is 2. The molecule has 1 aromatic carbocycles. The van der Waals surface area contributed by atoms with Gasteiger partial charge in [-0.15, -0.1) is 6.58 Å². The fraction of sp³-hybridized carbons (Fsp3) is 0.630. The Morgan fingerprint density at radius 3 is 2.62 bits per heavy atom. The molecule has 2 aliphatic carbocycles. The predicted molar refractivity (Wildman–Crippen MR) is 131 cm³/mol. The average molecular weight is 457 g/mol. The summed E-state index contributed by atoms with van der Waals surface area (Å²) in [5.41, 5.74) is 2.31. The van der Waals surface area contributed by atoms with Gasteiger partial charge in [0, 0.05) is 18.3 Å². The van der Waals surface area contributed by atoms with E-state index in [2.05, 4.69) is 53.1 Å². The Labute approximate surface area is 194 Å². The normalized spacial score (nSPS) is 34.3. The van der Waals surface area contributed by atoms with Crippen LogP contribution in [0.25, 0.3) is 0 Å². The van der Waals surface area contributed by atoms with Gasteiger partial charge in [-0.2, -0.15) is 0 Å². The predicted octanol–water partition coefficient (Wildman–Crippen LogP) is 6.11. The lowest BCUT2D eigenvalue weighted by Gasteiger charge is -2.37. The summed E-state index contributed by atoms with van der Waals surface area (Å²) >= 11 is 0. The van der Waals surface area contributed by atoms with Gasteiger partial charge in [-0.3, -0.25) is 0 Å². The molecule has 1 aliphatic heterocycles. The first-order valence-corrected chi connectivity index (χ1v) is 14.9. The lowest BCUT2D eigenvalue weighted by molar-refractivity contribution is -0.214. The molecular weight excluding hydrogens is 416 g/mol. The van der Waals surface area contributed by atoms with Crippen molar-refractivity contribution >= 4 is 8.32 Å². The first kappa shape index (κ1) is 23.6. The van der Waals surface area contributed by atoms with Gasteiger partial charge >= 0.3 is 0 Å². The molecule has 0 radical (unpaired) electrons. The SMILES string of the molecule is C=C[C@@H]1C[C@H]2[C@H]3[C@@H]1C(=C)CC[C@H]3OC2(O)Cc1ccc(O[Si](C)(C)C(C)(C)C)c(OC)c1. The minimum Gasteiger partial charge on any atom is -0.541 e. The highest BCUT2D eigenvalue weighted by Crippen LogP contribution is 2.60. The van der Waals surface area contributed by atoms with Crippen molar-refractivity contribution in [2.24, 2.45) is 23.7 Å². The number of benzene rings is 1. The lowest BCUT2D eigenvalue weighted by atomic mass is 9.72. The molecule has 0 amide bonds. The van der Waals surface area contributed by atoms with Crippen molar-refractivity contribution in [1.82, 2.24) is 0 Å². The van der Waals surface area contributed by atoms with Crippen LogP contribution in [0.2, 0.25) is 18.1 Å². The molecule has 2 saturated carbocycles. The van der Waals surface area contributed by atoms with Gasteiger partial charge in [-0.05, 0) is 66.9 Å². The van der Waals surface area contributed by atoms with Gasteiger partial charge in [-0.1, -0.05) is 45.1 Å². The second-order valence-corrected chi connectivity index (χ2v) is 16.3. The van der Waals surface area contributed by atoms with E-state index >= 15 is 0 Å².